The Kier molecular flexibility index (Phi) is 4.70. The summed E-state index contributed by atoms with van der Waals surface area (Å²) in [6, 6.07) is 8.22. The Hall–Kier alpha value is -2.21. The first-order chi connectivity index (χ1) is 10.1. The number of anilines is 2. The number of nitrogens with two attached hydrogens (primary N) is 1. The van der Waals surface area contributed by atoms with Crippen molar-refractivity contribution in [3.05, 3.63) is 40.3 Å². The van der Waals surface area contributed by atoms with Gasteiger partial charge in [0.1, 0.15) is 15.6 Å². The van der Waals surface area contributed by atoms with Crippen LogP contribution in [0.3, 0.4) is 0 Å². The van der Waals surface area contributed by atoms with Gasteiger partial charge in [-0.25, -0.2) is 0 Å². The molecule has 1 amide bonds. The molecular weight excluding hydrogens is 286 g/mol. The Morgan fingerprint density at radius 3 is 2.81 bits per heavy atom. The standard InChI is InChI=1S/C15H19N3O2S/c1-9-5-4-6-10(7-9)8-18-15-12(20-3)11(16)13(21-15)14(19)17-2/h4-7,18H,8,16H2,1-3H3,(H,17,19). The van der Waals surface area contributed by atoms with Gasteiger partial charge in [-0.3, -0.25) is 4.79 Å². The maximum atomic E-state index is 11.8. The van der Waals surface area contributed by atoms with E-state index in [1.807, 2.05) is 12.1 Å². The molecule has 2 aromatic rings. The zero-order valence-electron chi connectivity index (χ0n) is 12.3. The van der Waals surface area contributed by atoms with Crippen molar-refractivity contribution >= 4 is 27.9 Å². The summed E-state index contributed by atoms with van der Waals surface area (Å²) in [4.78, 5) is 12.2. The molecule has 2 rings (SSSR count). The highest BCUT2D eigenvalue weighted by Crippen LogP contribution is 2.42. The fourth-order valence-corrected chi connectivity index (χ4v) is 3.07. The van der Waals surface area contributed by atoms with Gasteiger partial charge in [0.2, 0.25) is 0 Å². The van der Waals surface area contributed by atoms with E-state index >= 15 is 0 Å². The van der Waals surface area contributed by atoms with Crippen LogP contribution in [0.2, 0.25) is 0 Å². The van der Waals surface area contributed by atoms with E-state index in [-0.39, 0.29) is 5.91 Å². The molecule has 0 spiro atoms. The monoisotopic (exact) mass is 305 g/mol. The number of methoxy groups -OCH3 is 1. The lowest BCUT2D eigenvalue weighted by atomic mass is 10.1. The normalized spacial score (nSPS) is 10.2. The molecule has 0 bridgehead atoms. The van der Waals surface area contributed by atoms with Crippen molar-refractivity contribution in [2.75, 3.05) is 25.2 Å². The zero-order valence-corrected chi connectivity index (χ0v) is 13.1. The van der Waals surface area contributed by atoms with E-state index in [2.05, 4.69) is 29.7 Å². The molecule has 6 heteroatoms. The first-order valence-electron chi connectivity index (χ1n) is 6.54. The van der Waals surface area contributed by atoms with Crippen molar-refractivity contribution in [2.45, 2.75) is 13.5 Å². The largest absolute Gasteiger partial charge is 0.492 e. The van der Waals surface area contributed by atoms with E-state index in [9.17, 15) is 4.79 Å². The highest BCUT2D eigenvalue weighted by molar-refractivity contribution is 7.19. The van der Waals surface area contributed by atoms with Gasteiger partial charge < -0.3 is 21.1 Å². The minimum absolute atomic E-state index is 0.209. The van der Waals surface area contributed by atoms with E-state index in [1.54, 1.807) is 14.2 Å². The van der Waals surface area contributed by atoms with Crippen LogP contribution in [0.25, 0.3) is 0 Å². The Morgan fingerprint density at radius 2 is 2.19 bits per heavy atom. The number of nitrogens with one attached hydrogen (secondary N) is 2. The highest BCUT2D eigenvalue weighted by atomic mass is 32.1. The zero-order chi connectivity index (χ0) is 15.4. The number of amides is 1. The fourth-order valence-electron chi connectivity index (χ4n) is 2.03. The minimum atomic E-state index is -0.209. The Balaban J connectivity index is 2.21. The van der Waals surface area contributed by atoms with Crippen molar-refractivity contribution in [1.82, 2.24) is 5.32 Å². The average Bonchev–Trinajstić information content (AvgIpc) is 2.80. The molecule has 0 aliphatic heterocycles. The van der Waals surface area contributed by atoms with Crippen molar-refractivity contribution in [2.24, 2.45) is 0 Å². The van der Waals surface area contributed by atoms with E-state index < -0.39 is 0 Å². The summed E-state index contributed by atoms with van der Waals surface area (Å²) in [5, 5.41) is 6.62. The number of thiophene rings is 1. The summed E-state index contributed by atoms with van der Waals surface area (Å²) in [6.07, 6.45) is 0. The van der Waals surface area contributed by atoms with Gasteiger partial charge in [-0.1, -0.05) is 29.8 Å². The van der Waals surface area contributed by atoms with Gasteiger partial charge in [-0.05, 0) is 12.5 Å². The summed E-state index contributed by atoms with van der Waals surface area (Å²) in [5.41, 5.74) is 8.70. The molecule has 4 N–H and O–H groups in total. The topological polar surface area (TPSA) is 76.4 Å². The van der Waals surface area contributed by atoms with Crippen LogP contribution < -0.4 is 21.1 Å². The molecule has 1 aromatic heterocycles. The molecule has 0 saturated heterocycles. The molecule has 1 heterocycles. The first kappa shape index (κ1) is 15.2. The van der Waals surface area contributed by atoms with E-state index in [0.29, 0.717) is 22.9 Å². The molecule has 0 fully saturated rings. The molecule has 21 heavy (non-hydrogen) atoms. The number of carbonyl (C=O) groups is 1. The molecule has 0 aliphatic carbocycles. The Labute approximate surface area is 128 Å². The molecular formula is C15H19N3O2S. The maximum absolute atomic E-state index is 11.8. The van der Waals surface area contributed by atoms with Crippen molar-refractivity contribution in [3.63, 3.8) is 0 Å². The summed E-state index contributed by atoms with van der Waals surface area (Å²) < 4.78 is 5.31. The molecule has 1 aromatic carbocycles. The van der Waals surface area contributed by atoms with E-state index in [4.69, 9.17) is 10.5 Å². The van der Waals surface area contributed by atoms with Gasteiger partial charge in [0.15, 0.2) is 5.75 Å². The van der Waals surface area contributed by atoms with Gasteiger partial charge in [-0.15, -0.1) is 11.3 Å². The van der Waals surface area contributed by atoms with Gasteiger partial charge >= 0.3 is 0 Å². The second kappa shape index (κ2) is 6.49. The summed E-state index contributed by atoms with van der Waals surface area (Å²) >= 11 is 1.29. The molecule has 0 unspecified atom stereocenters. The predicted molar refractivity (Wildman–Crippen MR) is 87.2 cm³/mol. The molecule has 0 radical (unpaired) electrons. The highest BCUT2D eigenvalue weighted by Gasteiger charge is 2.20. The number of hydrogen-bond donors (Lipinski definition) is 3. The average molecular weight is 305 g/mol. The number of nitrogen functional groups attached to an aromatic ring is 1. The summed E-state index contributed by atoms with van der Waals surface area (Å²) in [5.74, 6) is 0.311. The molecule has 5 nitrogen and oxygen atoms in total. The van der Waals surface area contributed by atoms with Crippen LogP contribution in [0.15, 0.2) is 24.3 Å². The number of carbonyl (C=O) groups excluding carboxylic acids is 1. The van der Waals surface area contributed by atoms with Gasteiger partial charge in [0.25, 0.3) is 5.91 Å². The number of ether oxygens (including phenoxy) is 1. The van der Waals surface area contributed by atoms with E-state index in [1.165, 1.54) is 16.9 Å². The third kappa shape index (κ3) is 3.28. The van der Waals surface area contributed by atoms with Crippen molar-refractivity contribution < 1.29 is 9.53 Å². The summed E-state index contributed by atoms with van der Waals surface area (Å²) in [7, 11) is 3.12. The lowest BCUT2D eigenvalue weighted by molar-refractivity contribution is 0.0967. The van der Waals surface area contributed by atoms with Crippen LogP contribution in [0, 0.1) is 6.92 Å². The van der Waals surface area contributed by atoms with Crippen LogP contribution in [0.5, 0.6) is 5.75 Å². The van der Waals surface area contributed by atoms with Gasteiger partial charge in [0.05, 0.1) is 7.11 Å². The number of hydrogen-bond acceptors (Lipinski definition) is 5. The third-order valence-electron chi connectivity index (χ3n) is 3.07. The number of rotatable bonds is 5. The second-order valence-corrected chi connectivity index (χ2v) is 5.65. The Bertz CT molecular complexity index is 652. The smallest absolute Gasteiger partial charge is 0.263 e. The molecule has 0 aliphatic rings. The molecule has 0 saturated carbocycles. The van der Waals surface area contributed by atoms with Crippen LogP contribution in [-0.2, 0) is 6.54 Å². The Morgan fingerprint density at radius 1 is 1.43 bits per heavy atom. The van der Waals surface area contributed by atoms with E-state index in [0.717, 1.165) is 10.6 Å². The van der Waals surface area contributed by atoms with Gasteiger partial charge in [-0.2, -0.15) is 0 Å². The minimum Gasteiger partial charge on any atom is -0.492 e. The predicted octanol–water partition coefficient (Wildman–Crippen LogP) is 2.62. The third-order valence-corrected chi connectivity index (χ3v) is 4.22. The molecule has 112 valence electrons. The van der Waals surface area contributed by atoms with Crippen LogP contribution in [-0.4, -0.2) is 20.1 Å². The first-order valence-corrected chi connectivity index (χ1v) is 7.36. The lowest BCUT2D eigenvalue weighted by Crippen LogP contribution is -2.17. The summed E-state index contributed by atoms with van der Waals surface area (Å²) in [6.45, 7) is 2.70. The van der Waals surface area contributed by atoms with Crippen LogP contribution in [0.1, 0.15) is 20.8 Å². The number of aryl methyl sites for hydroxylation is 1. The van der Waals surface area contributed by atoms with Gasteiger partial charge in [0, 0.05) is 13.6 Å². The quantitative estimate of drug-likeness (QED) is 0.793. The lowest BCUT2D eigenvalue weighted by Gasteiger charge is -2.07. The fraction of sp³-hybridized carbons (Fsp3) is 0.267. The van der Waals surface area contributed by atoms with Crippen molar-refractivity contribution in [3.8, 4) is 5.75 Å². The van der Waals surface area contributed by atoms with Crippen molar-refractivity contribution in [1.29, 1.82) is 0 Å². The SMILES string of the molecule is CNC(=O)c1sc(NCc2cccc(C)c2)c(OC)c1N. The van der Waals surface area contributed by atoms with Crippen LogP contribution in [0.4, 0.5) is 10.7 Å². The second-order valence-electron chi connectivity index (χ2n) is 4.63. The molecule has 0 atom stereocenters. The van der Waals surface area contributed by atoms with Crippen LogP contribution >= 0.6 is 11.3 Å². The number of benzene rings is 1. The maximum Gasteiger partial charge on any atom is 0.263 e.